The van der Waals surface area contributed by atoms with E-state index in [4.69, 9.17) is 14.7 Å². The topological polar surface area (TPSA) is 96.9 Å². The van der Waals surface area contributed by atoms with Crippen molar-refractivity contribution in [3.8, 4) is 5.75 Å². The Kier molecular flexibility index (Phi) is 7.95. The van der Waals surface area contributed by atoms with Crippen LogP contribution < -0.4 is 15.5 Å². The average Bonchev–Trinajstić information content (AvgIpc) is 2.63. The van der Waals surface area contributed by atoms with Crippen molar-refractivity contribution >= 4 is 12.0 Å². The van der Waals surface area contributed by atoms with Crippen LogP contribution >= 0.6 is 0 Å². The third-order valence-electron chi connectivity index (χ3n) is 3.42. The highest BCUT2D eigenvalue weighted by molar-refractivity contribution is 5.77. The molecule has 2 rings (SSSR count). The molecule has 3 N–H and O–H groups in total. The smallest absolute Gasteiger partial charge is 0.404 e. The Morgan fingerprint density at radius 2 is 1.69 bits per heavy atom. The number of carboxylic acid groups (broad SMARTS) is 1. The number of benzene rings is 2. The van der Waals surface area contributed by atoms with Gasteiger partial charge in [0, 0.05) is 6.54 Å². The van der Waals surface area contributed by atoms with E-state index in [0.717, 1.165) is 11.1 Å². The largest absolute Gasteiger partial charge is 0.494 e. The second-order valence-electron chi connectivity index (χ2n) is 5.55. The Balaban J connectivity index is 1.64. The summed E-state index contributed by atoms with van der Waals surface area (Å²) >= 11 is 0. The first-order chi connectivity index (χ1) is 12.6. The molecule has 26 heavy (non-hydrogen) atoms. The second-order valence-corrected chi connectivity index (χ2v) is 5.55. The van der Waals surface area contributed by atoms with Crippen LogP contribution in [0, 0.1) is 0 Å². The summed E-state index contributed by atoms with van der Waals surface area (Å²) in [6, 6.07) is 16.7. The Bertz CT molecular complexity index is 689. The van der Waals surface area contributed by atoms with E-state index in [-0.39, 0.29) is 12.3 Å². The van der Waals surface area contributed by atoms with Crippen molar-refractivity contribution in [2.24, 2.45) is 0 Å². The summed E-state index contributed by atoms with van der Waals surface area (Å²) in [5.74, 6) is 0.444. The lowest BCUT2D eigenvalue weighted by Crippen LogP contribution is -2.25. The highest BCUT2D eigenvalue weighted by atomic mass is 16.6. The maximum atomic E-state index is 11.9. The van der Waals surface area contributed by atoms with E-state index >= 15 is 0 Å². The molecule has 2 amide bonds. The minimum Gasteiger partial charge on any atom is -0.494 e. The van der Waals surface area contributed by atoms with Crippen molar-refractivity contribution in [3.05, 3.63) is 65.7 Å². The molecule has 138 valence electrons. The van der Waals surface area contributed by atoms with Gasteiger partial charge in [0.2, 0.25) is 5.91 Å². The normalized spacial score (nSPS) is 10.2. The average molecular weight is 358 g/mol. The first kappa shape index (κ1) is 19.3. The SMILES string of the molecule is O=C(O)NCCCOc1ccc(CC(=O)NOCc2ccccc2)cc1. The van der Waals surface area contributed by atoms with E-state index in [2.05, 4.69) is 10.8 Å². The number of hydrogen-bond acceptors (Lipinski definition) is 4. The molecule has 0 bridgehead atoms. The number of nitrogens with one attached hydrogen (secondary N) is 2. The number of carbonyl (C=O) groups excluding carboxylic acids is 1. The minimum absolute atomic E-state index is 0.206. The van der Waals surface area contributed by atoms with Crippen LogP contribution in [0.2, 0.25) is 0 Å². The van der Waals surface area contributed by atoms with E-state index in [0.29, 0.717) is 31.9 Å². The van der Waals surface area contributed by atoms with Gasteiger partial charge in [0.05, 0.1) is 19.6 Å². The Morgan fingerprint density at radius 1 is 0.962 bits per heavy atom. The first-order valence-corrected chi connectivity index (χ1v) is 8.26. The molecule has 0 aliphatic rings. The predicted molar refractivity (Wildman–Crippen MR) is 95.7 cm³/mol. The van der Waals surface area contributed by atoms with Crippen molar-refractivity contribution in [1.29, 1.82) is 0 Å². The van der Waals surface area contributed by atoms with Crippen LogP contribution in [0.15, 0.2) is 54.6 Å². The summed E-state index contributed by atoms with van der Waals surface area (Å²) in [4.78, 5) is 27.4. The zero-order valence-electron chi connectivity index (χ0n) is 14.3. The Labute approximate surface area is 151 Å². The molecular formula is C19H22N2O5. The highest BCUT2D eigenvalue weighted by Gasteiger charge is 2.04. The molecule has 0 unspecified atom stereocenters. The molecular weight excluding hydrogens is 336 g/mol. The van der Waals surface area contributed by atoms with Gasteiger partial charge in [-0.25, -0.2) is 10.3 Å². The lowest BCUT2D eigenvalue weighted by molar-refractivity contribution is -0.133. The van der Waals surface area contributed by atoms with Crippen LogP contribution in [0.1, 0.15) is 17.5 Å². The third-order valence-corrected chi connectivity index (χ3v) is 3.42. The van der Waals surface area contributed by atoms with Gasteiger partial charge in [0.15, 0.2) is 0 Å². The summed E-state index contributed by atoms with van der Waals surface area (Å²) in [7, 11) is 0. The molecule has 7 nitrogen and oxygen atoms in total. The summed E-state index contributed by atoms with van der Waals surface area (Å²) < 4.78 is 5.50. The zero-order valence-corrected chi connectivity index (χ0v) is 14.3. The molecule has 0 saturated carbocycles. The second kappa shape index (κ2) is 10.7. The molecule has 0 heterocycles. The van der Waals surface area contributed by atoms with Gasteiger partial charge in [-0.3, -0.25) is 9.63 Å². The summed E-state index contributed by atoms with van der Waals surface area (Å²) in [6.07, 6.45) is -0.257. The molecule has 0 fully saturated rings. The lowest BCUT2D eigenvalue weighted by Gasteiger charge is -2.08. The van der Waals surface area contributed by atoms with Gasteiger partial charge in [-0.1, -0.05) is 42.5 Å². The number of hydrogen-bond donors (Lipinski definition) is 3. The fraction of sp³-hybridized carbons (Fsp3) is 0.263. The monoisotopic (exact) mass is 358 g/mol. The first-order valence-electron chi connectivity index (χ1n) is 8.26. The summed E-state index contributed by atoms with van der Waals surface area (Å²) in [5.41, 5.74) is 4.24. The van der Waals surface area contributed by atoms with Crippen LogP contribution in [0.5, 0.6) is 5.75 Å². The van der Waals surface area contributed by atoms with Crippen LogP contribution in [-0.2, 0) is 22.7 Å². The highest BCUT2D eigenvalue weighted by Crippen LogP contribution is 2.13. The van der Waals surface area contributed by atoms with E-state index in [1.807, 2.05) is 42.5 Å². The molecule has 7 heteroatoms. The molecule has 0 atom stereocenters. The summed E-state index contributed by atoms with van der Waals surface area (Å²) in [6.45, 7) is 1.07. The van der Waals surface area contributed by atoms with Crippen molar-refractivity contribution in [1.82, 2.24) is 10.8 Å². The van der Waals surface area contributed by atoms with E-state index < -0.39 is 6.09 Å². The van der Waals surface area contributed by atoms with Crippen LogP contribution in [0.25, 0.3) is 0 Å². The lowest BCUT2D eigenvalue weighted by atomic mass is 10.1. The van der Waals surface area contributed by atoms with E-state index in [9.17, 15) is 9.59 Å². The van der Waals surface area contributed by atoms with Gasteiger partial charge >= 0.3 is 6.09 Å². The number of carbonyl (C=O) groups is 2. The Hall–Kier alpha value is -3.06. The van der Waals surface area contributed by atoms with Gasteiger partial charge in [-0.15, -0.1) is 0 Å². The van der Waals surface area contributed by atoms with Crippen molar-refractivity contribution in [2.45, 2.75) is 19.4 Å². The third kappa shape index (κ3) is 7.67. The van der Waals surface area contributed by atoms with Gasteiger partial charge in [0.25, 0.3) is 0 Å². The Morgan fingerprint density at radius 3 is 2.38 bits per heavy atom. The predicted octanol–water partition coefficient (Wildman–Crippen LogP) is 2.51. The van der Waals surface area contributed by atoms with Gasteiger partial charge in [-0.2, -0.15) is 0 Å². The maximum absolute atomic E-state index is 11.9. The molecule has 0 aliphatic carbocycles. The maximum Gasteiger partial charge on any atom is 0.404 e. The minimum atomic E-state index is -1.04. The molecule has 2 aromatic rings. The molecule has 2 aromatic carbocycles. The summed E-state index contributed by atoms with van der Waals surface area (Å²) in [5, 5.41) is 10.7. The van der Waals surface area contributed by atoms with Crippen LogP contribution in [-0.4, -0.2) is 30.3 Å². The van der Waals surface area contributed by atoms with E-state index in [1.54, 1.807) is 12.1 Å². The van der Waals surface area contributed by atoms with E-state index in [1.165, 1.54) is 0 Å². The molecule has 0 spiro atoms. The molecule has 0 saturated heterocycles. The molecule has 0 aliphatic heterocycles. The zero-order chi connectivity index (χ0) is 18.6. The number of rotatable bonds is 10. The fourth-order valence-electron chi connectivity index (χ4n) is 2.16. The fourth-order valence-corrected chi connectivity index (χ4v) is 2.16. The van der Waals surface area contributed by atoms with Crippen LogP contribution in [0.3, 0.4) is 0 Å². The van der Waals surface area contributed by atoms with Gasteiger partial charge in [0.1, 0.15) is 5.75 Å². The van der Waals surface area contributed by atoms with Crippen molar-refractivity contribution < 1.29 is 24.3 Å². The van der Waals surface area contributed by atoms with Crippen molar-refractivity contribution in [3.63, 3.8) is 0 Å². The number of ether oxygens (including phenoxy) is 1. The molecule has 0 radical (unpaired) electrons. The van der Waals surface area contributed by atoms with Crippen LogP contribution in [0.4, 0.5) is 4.79 Å². The van der Waals surface area contributed by atoms with Gasteiger partial charge < -0.3 is 15.2 Å². The number of amides is 2. The van der Waals surface area contributed by atoms with Crippen molar-refractivity contribution in [2.75, 3.05) is 13.2 Å². The molecule has 0 aromatic heterocycles. The standard InChI is InChI=1S/C19H22N2O5/c22-18(21-26-14-16-5-2-1-3-6-16)13-15-7-9-17(10-8-15)25-12-4-11-20-19(23)24/h1-3,5-10,20H,4,11-14H2,(H,21,22)(H,23,24). The quantitative estimate of drug-likeness (QED) is 0.448. The number of hydroxylamine groups is 1. The van der Waals surface area contributed by atoms with Gasteiger partial charge in [-0.05, 0) is 29.7 Å².